The molecular weight excluding hydrogens is 258 g/mol. The number of hydrogen-bond acceptors (Lipinski definition) is 7. The molecule has 7 nitrogen and oxygen atoms in total. The predicted octanol–water partition coefficient (Wildman–Crippen LogP) is 1.03. The van der Waals surface area contributed by atoms with Gasteiger partial charge in [0.05, 0.1) is 23.2 Å². The Morgan fingerprint density at radius 1 is 1.78 bits per heavy atom. The number of rotatable bonds is 3. The van der Waals surface area contributed by atoms with E-state index in [4.69, 9.17) is 4.74 Å². The number of aliphatic hydroxyl groups excluding tert-OH is 1. The number of aliphatic hydroxyl groups is 1. The second kappa shape index (κ2) is 4.79. The van der Waals surface area contributed by atoms with Crippen LogP contribution in [0.3, 0.4) is 0 Å². The lowest BCUT2D eigenvalue weighted by atomic mass is 10.1. The Bertz CT molecular complexity index is 448. The number of nitrogens with zero attached hydrogens (tertiary/aromatic N) is 3. The zero-order chi connectivity index (χ0) is 13.3. The van der Waals surface area contributed by atoms with Crippen LogP contribution in [0, 0.1) is 10.1 Å². The molecule has 1 aromatic rings. The van der Waals surface area contributed by atoms with E-state index in [9.17, 15) is 15.2 Å². The average molecular weight is 273 g/mol. The van der Waals surface area contributed by atoms with Gasteiger partial charge in [-0.3, -0.25) is 10.1 Å². The van der Waals surface area contributed by atoms with Gasteiger partial charge in [0, 0.05) is 13.1 Å². The molecule has 1 saturated heterocycles. The van der Waals surface area contributed by atoms with Crippen molar-refractivity contribution in [3.05, 3.63) is 16.3 Å². The molecular formula is C10H15N3O4S. The molecule has 0 amide bonds. The molecule has 1 N–H and O–H groups in total. The van der Waals surface area contributed by atoms with Crippen LogP contribution in [0.4, 0.5) is 10.1 Å². The molecule has 1 aliphatic rings. The van der Waals surface area contributed by atoms with Crippen molar-refractivity contribution in [3.63, 3.8) is 0 Å². The lowest BCUT2D eigenvalue weighted by Gasteiger charge is -2.42. The van der Waals surface area contributed by atoms with Crippen molar-refractivity contribution in [3.8, 4) is 0 Å². The van der Waals surface area contributed by atoms with Crippen LogP contribution in [0.2, 0.25) is 0 Å². The topological polar surface area (TPSA) is 88.7 Å². The summed E-state index contributed by atoms with van der Waals surface area (Å²) in [7, 11) is 0. The van der Waals surface area contributed by atoms with E-state index in [1.807, 2.05) is 18.7 Å². The van der Waals surface area contributed by atoms with Crippen LogP contribution in [-0.2, 0) is 4.74 Å². The third-order valence-electron chi connectivity index (χ3n) is 2.62. The van der Waals surface area contributed by atoms with Gasteiger partial charge in [-0.1, -0.05) is 0 Å². The van der Waals surface area contributed by atoms with Crippen molar-refractivity contribution >= 4 is 21.5 Å². The molecule has 0 aliphatic carbocycles. The molecule has 8 heteroatoms. The van der Waals surface area contributed by atoms with Gasteiger partial charge in [-0.25, -0.2) is 4.98 Å². The van der Waals surface area contributed by atoms with Crippen LogP contribution in [0.5, 0.6) is 0 Å². The van der Waals surface area contributed by atoms with Crippen LogP contribution in [0.25, 0.3) is 0 Å². The second-order valence-electron chi connectivity index (χ2n) is 4.80. The van der Waals surface area contributed by atoms with Gasteiger partial charge < -0.3 is 14.7 Å². The zero-order valence-corrected chi connectivity index (χ0v) is 11.0. The van der Waals surface area contributed by atoms with Crippen molar-refractivity contribution in [2.24, 2.45) is 0 Å². The average Bonchev–Trinajstić information content (AvgIpc) is 2.76. The van der Waals surface area contributed by atoms with E-state index in [-0.39, 0.29) is 17.7 Å². The second-order valence-corrected chi connectivity index (χ2v) is 5.79. The summed E-state index contributed by atoms with van der Waals surface area (Å²) >= 11 is 1.04. The van der Waals surface area contributed by atoms with Crippen molar-refractivity contribution < 1.29 is 14.8 Å². The molecule has 2 rings (SSSR count). The largest absolute Gasteiger partial charge is 0.394 e. The minimum Gasteiger partial charge on any atom is -0.394 e. The fourth-order valence-electron chi connectivity index (χ4n) is 2.02. The maximum Gasteiger partial charge on any atom is 0.345 e. The van der Waals surface area contributed by atoms with E-state index in [2.05, 4.69) is 4.98 Å². The number of hydrogen-bond donors (Lipinski definition) is 1. The molecule has 0 spiro atoms. The Hall–Kier alpha value is -1.25. The Morgan fingerprint density at radius 2 is 2.50 bits per heavy atom. The van der Waals surface area contributed by atoms with Gasteiger partial charge in [0.15, 0.2) is 5.13 Å². The van der Waals surface area contributed by atoms with E-state index >= 15 is 0 Å². The number of morpholine rings is 1. The fourth-order valence-corrected chi connectivity index (χ4v) is 2.76. The molecule has 1 aromatic heterocycles. The summed E-state index contributed by atoms with van der Waals surface area (Å²) in [4.78, 5) is 16.2. The van der Waals surface area contributed by atoms with E-state index in [1.54, 1.807) is 0 Å². The van der Waals surface area contributed by atoms with Crippen LogP contribution < -0.4 is 4.90 Å². The lowest BCUT2D eigenvalue weighted by molar-refractivity contribution is -0.380. The summed E-state index contributed by atoms with van der Waals surface area (Å²) in [6.45, 7) is 4.85. The van der Waals surface area contributed by atoms with Crippen LogP contribution in [0.1, 0.15) is 13.8 Å². The highest BCUT2D eigenvalue weighted by molar-refractivity contribution is 7.18. The normalized spacial score (nSPS) is 23.1. The summed E-state index contributed by atoms with van der Waals surface area (Å²) in [6.07, 6.45) is 0.966. The summed E-state index contributed by atoms with van der Waals surface area (Å²) < 4.78 is 5.68. The van der Waals surface area contributed by atoms with Crippen molar-refractivity contribution in [2.75, 3.05) is 24.6 Å². The fraction of sp³-hybridized carbons (Fsp3) is 0.700. The van der Waals surface area contributed by atoms with E-state index < -0.39 is 10.5 Å². The maximum absolute atomic E-state index is 10.6. The van der Waals surface area contributed by atoms with Crippen molar-refractivity contribution in [1.29, 1.82) is 0 Å². The summed E-state index contributed by atoms with van der Waals surface area (Å²) in [5, 5.41) is 20.5. The summed E-state index contributed by atoms with van der Waals surface area (Å²) in [5.74, 6) is 0. The van der Waals surface area contributed by atoms with Gasteiger partial charge in [-0.2, -0.15) is 0 Å². The number of nitro groups is 1. The van der Waals surface area contributed by atoms with Crippen molar-refractivity contribution in [2.45, 2.75) is 25.6 Å². The number of anilines is 1. The molecule has 1 unspecified atom stereocenters. The predicted molar refractivity (Wildman–Crippen MR) is 67.0 cm³/mol. The number of thiazole rings is 1. The molecule has 18 heavy (non-hydrogen) atoms. The first kappa shape index (κ1) is 13.2. The summed E-state index contributed by atoms with van der Waals surface area (Å²) in [6, 6.07) is 0. The molecule has 0 saturated carbocycles. The zero-order valence-electron chi connectivity index (χ0n) is 10.2. The molecule has 0 radical (unpaired) electrons. The molecule has 1 atom stereocenters. The first-order valence-corrected chi connectivity index (χ1v) is 6.37. The van der Waals surface area contributed by atoms with Crippen LogP contribution in [-0.4, -0.2) is 46.4 Å². The minimum absolute atomic E-state index is 0.0230. The van der Waals surface area contributed by atoms with Crippen molar-refractivity contribution in [1.82, 2.24) is 4.98 Å². The monoisotopic (exact) mass is 273 g/mol. The van der Waals surface area contributed by atoms with E-state index in [1.165, 1.54) is 6.20 Å². The third-order valence-corrected chi connectivity index (χ3v) is 3.63. The molecule has 0 aromatic carbocycles. The first-order chi connectivity index (χ1) is 8.41. The molecule has 1 fully saturated rings. The van der Waals surface area contributed by atoms with Gasteiger partial charge in [-0.15, -0.1) is 0 Å². The van der Waals surface area contributed by atoms with E-state index in [0.29, 0.717) is 18.2 Å². The van der Waals surface area contributed by atoms with Gasteiger partial charge >= 0.3 is 5.00 Å². The minimum atomic E-state index is -0.448. The first-order valence-electron chi connectivity index (χ1n) is 5.55. The molecule has 1 aliphatic heterocycles. The number of aromatic nitrogens is 1. The van der Waals surface area contributed by atoms with Gasteiger partial charge in [0.25, 0.3) is 0 Å². The van der Waals surface area contributed by atoms with Crippen LogP contribution >= 0.6 is 11.3 Å². The Kier molecular flexibility index (Phi) is 3.51. The Morgan fingerprint density at radius 3 is 3.06 bits per heavy atom. The van der Waals surface area contributed by atoms with Gasteiger partial charge in [0.2, 0.25) is 0 Å². The molecule has 0 bridgehead atoms. The maximum atomic E-state index is 10.6. The molecule has 100 valence electrons. The summed E-state index contributed by atoms with van der Waals surface area (Å²) in [5.41, 5.74) is -0.411. The quantitative estimate of drug-likeness (QED) is 0.653. The van der Waals surface area contributed by atoms with Gasteiger partial charge in [-0.05, 0) is 25.2 Å². The number of ether oxygens (including phenoxy) is 1. The molecule has 2 heterocycles. The standard InChI is InChI=1S/C10H15N3O4S/c1-10(2)6-12(4-7(5-14)17-10)9-11-3-8(18-9)13(15)16/h3,7,14H,4-6H2,1-2H3. The van der Waals surface area contributed by atoms with E-state index in [0.717, 1.165) is 11.3 Å². The smallest absolute Gasteiger partial charge is 0.345 e. The highest BCUT2D eigenvalue weighted by Gasteiger charge is 2.34. The Labute approximate surface area is 108 Å². The van der Waals surface area contributed by atoms with Gasteiger partial charge in [0.1, 0.15) is 6.20 Å². The third kappa shape index (κ3) is 2.77. The Balaban J connectivity index is 2.18. The lowest BCUT2D eigenvalue weighted by Crippen LogP contribution is -2.54. The highest BCUT2D eigenvalue weighted by atomic mass is 32.1. The van der Waals surface area contributed by atoms with Crippen LogP contribution in [0.15, 0.2) is 6.20 Å². The SMILES string of the molecule is CC1(C)CN(c2ncc([N+](=O)[O-])s2)CC(CO)O1. The highest BCUT2D eigenvalue weighted by Crippen LogP contribution is 2.32.